The largest absolute Gasteiger partial charge is 0.493 e. The van der Waals surface area contributed by atoms with Crippen LogP contribution in [0.5, 0.6) is 17.2 Å². The number of hydrogen-bond acceptors (Lipinski definition) is 6. The molecule has 2 aromatic rings. The van der Waals surface area contributed by atoms with Crippen molar-refractivity contribution < 1.29 is 29.1 Å². The predicted molar refractivity (Wildman–Crippen MR) is 95.3 cm³/mol. The third-order valence-corrected chi connectivity index (χ3v) is 3.66. The quantitative estimate of drug-likeness (QED) is 0.400. The predicted octanol–water partition coefficient (Wildman–Crippen LogP) is 1.69. The van der Waals surface area contributed by atoms with Gasteiger partial charge in [0.2, 0.25) is 0 Å². The molecule has 2 N–H and O–H groups in total. The molecule has 0 atom stereocenters. The Labute approximate surface area is 151 Å². The summed E-state index contributed by atoms with van der Waals surface area (Å²) in [6.07, 6.45) is 1.14. The zero-order valence-corrected chi connectivity index (χ0v) is 14.4. The molecule has 0 aliphatic heterocycles. The summed E-state index contributed by atoms with van der Waals surface area (Å²) in [6.45, 7) is 0.779. The highest BCUT2D eigenvalue weighted by Gasteiger charge is 2.20. The van der Waals surface area contributed by atoms with Crippen LogP contribution in [0.4, 0.5) is 0 Å². The summed E-state index contributed by atoms with van der Waals surface area (Å²) in [6, 6.07) is 9.84. The van der Waals surface area contributed by atoms with Crippen molar-refractivity contribution in [2.24, 2.45) is 0 Å². The summed E-state index contributed by atoms with van der Waals surface area (Å²) in [5, 5.41) is 19.2. The second-order valence-electron chi connectivity index (χ2n) is 5.13. The van der Waals surface area contributed by atoms with Gasteiger partial charge in [-0.15, -0.1) is 0 Å². The average Bonchev–Trinajstić information content (AvgIpc) is 2.62. The highest BCUT2D eigenvalue weighted by molar-refractivity contribution is 6.60. The molecule has 0 aromatic heterocycles. The Morgan fingerprint density at radius 2 is 1.76 bits per heavy atom. The third-order valence-electron chi connectivity index (χ3n) is 3.40. The first-order valence-corrected chi connectivity index (χ1v) is 7.97. The Kier molecular flexibility index (Phi) is 7.12. The second kappa shape index (κ2) is 9.32. The molecule has 132 valence electrons. The third kappa shape index (κ3) is 5.39. The second-order valence-corrected chi connectivity index (χ2v) is 5.56. The first-order chi connectivity index (χ1) is 12.0. The molecule has 0 heterocycles. The zero-order chi connectivity index (χ0) is 18.2. The number of aldehydes is 1. The minimum Gasteiger partial charge on any atom is -0.493 e. The smallest absolute Gasteiger partial charge is 0.489 e. The fraction of sp³-hybridized carbons (Fsp3) is 0.235. The van der Waals surface area contributed by atoms with Gasteiger partial charge in [0.1, 0.15) is 12.0 Å². The van der Waals surface area contributed by atoms with Gasteiger partial charge in [0, 0.05) is 17.0 Å². The van der Waals surface area contributed by atoms with Crippen molar-refractivity contribution in [2.75, 3.05) is 20.3 Å². The van der Waals surface area contributed by atoms with Crippen LogP contribution < -0.4 is 19.7 Å². The fourth-order valence-electron chi connectivity index (χ4n) is 2.15. The molecule has 0 aliphatic carbocycles. The monoisotopic (exact) mass is 364 g/mol. The van der Waals surface area contributed by atoms with Crippen molar-refractivity contribution in [1.82, 2.24) is 0 Å². The highest BCUT2D eigenvalue weighted by atomic mass is 35.5. The molecule has 0 unspecified atom stereocenters. The standard InChI is InChI=1S/C17H18BClO6/c1-23-16-10-15(18(21)22)12(11-20)9-17(16)25-8-2-7-24-14-5-3-13(19)4-6-14/h3-6,9-11,21-22H,2,7-8H2,1H3. The molecule has 0 radical (unpaired) electrons. The molecule has 0 bridgehead atoms. The highest BCUT2D eigenvalue weighted by Crippen LogP contribution is 2.27. The molecule has 0 spiro atoms. The molecule has 0 saturated heterocycles. The van der Waals surface area contributed by atoms with Gasteiger partial charge in [-0.1, -0.05) is 11.6 Å². The van der Waals surface area contributed by atoms with E-state index in [0.29, 0.717) is 48.2 Å². The van der Waals surface area contributed by atoms with Crippen LogP contribution in [-0.2, 0) is 0 Å². The molecule has 6 nitrogen and oxygen atoms in total. The molecular weight excluding hydrogens is 346 g/mol. The van der Waals surface area contributed by atoms with Crippen molar-refractivity contribution in [3.05, 3.63) is 47.0 Å². The Hall–Kier alpha value is -2.22. The molecular formula is C17H18BClO6. The van der Waals surface area contributed by atoms with Crippen LogP contribution in [0, 0.1) is 0 Å². The van der Waals surface area contributed by atoms with Crippen LogP contribution in [-0.4, -0.2) is 43.8 Å². The maximum atomic E-state index is 11.1. The number of methoxy groups -OCH3 is 1. The van der Waals surface area contributed by atoms with Crippen molar-refractivity contribution in [1.29, 1.82) is 0 Å². The van der Waals surface area contributed by atoms with E-state index in [1.165, 1.54) is 19.2 Å². The minimum atomic E-state index is -1.77. The molecule has 0 aliphatic rings. The summed E-state index contributed by atoms with van der Waals surface area (Å²) in [7, 11) is -0.337. The number of halogens is 1. The average molecular weight is 365 g/mol. The topological polar surface area (TPSA) is 85.2 Å². The lowest BCUT2D eigenvalue weighted by molar-refractivity contribution is 0.112. The molecule has 2 aromatic carbocycles. The van der Waals surface area contributed by atoms with E-state index in [0.717, 1.165) is 0 Å². The number of rotatable bonds is 9. The molecule has 2 rings (SSSR count). The molecule has 25 heavy (non-hydrogen) atoms. The SMILES string of the molecule is COc1cc(B(O)O)c(C=O)cc1OCCCOc1ccc(Cl)cc1. The van der Waals surface area contributed by atoms with E-state index in [9.17, 15) is 14.8 Å². The van der Waals surface area contributed by atoms with E-state index in [-0.39, 0.29) is 11.0 Å². The van der Waals surface area contributed by atoms with Crippen molar-refractivity contribution in [3.63, 3.8) is 0 Å². The van der Waals surface area contributed by atoms with E-state index < -0.39 is 7.12 Å². The summed E-state index contributed by atoms with van der Waals surface area (Å²) in [5.74, 6) is 1.37. The summed E-state index contributed by atoms with van der Waals surface area (Å²) >= 11 is 5.80. The maximum absolute atomic E-state index is 11.1. The first-order valence-electron chi connectivity index (χ1n) is 7.59. The van der Waals surface area contributed by atoms with Crippen molar-refractivity contribution >= 4 is 30.5 Å². The number of benzene rings is 2. The zero-order valence-electron chi connectivity index (χ0n) is 13.6. The van der Waals surface area contributed by atoms with E-state index >= 15 is 0 Å². The molecule has 8 heteroatoms. The summed E-state index contributed by atoms with van der Waals surface area (Å²) in [5.41, 5.74) is 0.188. The molecule has 0 saturated carbocycles. The van der Waals surface area contributed by atoms with Gasteiger partial charge in [0.15, 0.2) is 11.5 Å². The van der Waals surface area contributed by atoms with Crippen LogP contribution in [0.1, 0.15) is 16.8 Å². The van der Waals surface area contributed by atoms with Gasteiger partial charge in [0.05, 0.1) is 20.3 Å². The Morgan fingerprint density at radius 3 is 2.36 bits per heavy atom. The van der Waals surface area contributed by atoms with E-state index in [1.54, 1.807) is 24.3 Å². The van der Waals surface area contributed by atoms with Crippen LogP contribution in [0.2, 0.25) is 5.02 Å². The van der Waals surface area contributed by atoms with Crippen LogP contribution in [0.3, 0.4) is 0 Å². The fourth-order valence-corrected chi connectivity index (χ4v) is 2.28. The Bertz CT molecular complexity index is 705. The lowest BCUT2D eigenvalue weighted by Crippen LogP contribution is -2.33. The van der Waals surface area contributed by atoms with Gasteiger partial charge in [-0.05, 0) is 41.9 Å². The van der Waals surface area contributed by atoms with Crippen LogP contribution in [0.25, 0.3) is 0 Å². The van der Waals surface area contributed by atoms with Crippen molar-refractivity contribution in [3.8, 4) is 17.2 Å². The van der Waals surface area contributed by atoms with Gasteiger partial charge >= 0.3 is 7.12 Å². The first kappa shape index (κ1) is 19.1. The van der Waals surface area contributed by atoms with Crippen LogP contribution >= 0.6 is 11.6 Å². The van der Waals surface area contributed by atoms with Gasteiger partial charge in [-0.25, -0.2) is 0 Å². The Balaban J connectivity index is 1.91. The molecule has 0 amide bonds. The maximum Gasteiger partial charge on any atom is 0.489 e. The van der Waals surface area contributed by atoms with Gasteiger partial charge in [0.25, 0.3) is 0 Å². The number of carbonyl (C=O) groups excluding carboxylic acids is 1. The number of hydrogen-bond donors (Lipinski definition) is 2. The molecule has 0 fully saturated rings. The van der Waals surface area contributed by atoms with E-state index in [1.807, 2.05) is 0 Å². The van der Waals surface area contributed by atoms with E-state index in [4.69, 9.17) is 25.8 Å². The van der Waals surface area contributed by atoms with Crippen LogP contribution in [0.15, 0.2) is 36.4 Å². The summed E-state index contributed by atoms with van der Waals surface area (Å²) < 4.78 is 16.3. The van der Waals surface area contributed by atoms with Crippen molar-refractivity contribution in [2.45, 2.75) is 6.42 Å². The van der Waals surface area contributed by atoms with Gasteiger partial charge in [-0.2, -0.15) is 0 Å². The number of ether oxygens (including phenoxy) is 3. The lowest BCUT2D eigenvalue weighted by atomic mass is 9.77. The Morgan fingerprint density at radius 1 is 1.08 bits per heavy atom. The number of carbonyl (C=O) groups is 1. The summed E-state index contributed by atoms with van der Waals surface area (Å²) in [4.78, 5) is 11.1. The van der Waals surface area contributed by atoms with Gasteiger partial charge < -0.3 is 24.3 Å². The normalized spacial score (nSPS) is 10.2. The minimum absolute atomic E-state index is 0.0604. The van der Waals surface area contributed by atoms with E-state index in [2.05, 4.69) is 0 Å². The van der Waals surface area contributed by atoms with Gasteiger partial charge in [-0.3, -0.25) is 4.79 Å². The lowest BCUT2D eigenvalue weighted by Gasteiger charge is -2.14.